The molecule has 0 radical (unpaired) electrons. The Morgan fingerprint density at radius 3 is 2.40 bits per heavy atom. The van der Waals surface area contributed by atoms with Crippen LogP contribution in [0, 0.1) is 0 Å². The van der Waals surface area contributed by atoms with Gasteiger partial charge in [0.1, 0.15) is 0 Å². The van der Waals surface area contributed by atoms with Crippen LogP contribution >= 0.6 is 23.8 Å². The minimum atomic E-state index is -0.308. The number of halogens is 1. The van der Waals surface area contributed by atoms with Crippen molar-refractivity contribution < 1.29 is 4.79 Å². The maximum Gasteiger partial charge on any atom is 0.221 e. The maximum atomic E-state index is 10.5. The summed E-state index contributed by atoms with van der Waals surface area (Å²) in [4.78, 5) is 11.5. The van der Waals surface area contributed by atoms with Crippen molar-refractivity contribution in [2.45, 2.75) is 25.7 Å². The van der Waals surface area contributed by atoms with Gasteiger partial charge in [0.25, 0.3) is 0 Å². The van der Waals surface area contributed by atoms with E-state index in [-0.39, 0.29) is 5.24 Å². The fraction of sp³-hybridized carbons (Fsp3) is 0.333. The Bertz CT molecular complexity index is 335. The van der Waals surface area contributed by atoms with E-state index in [4.69, 9.17) is 23.8 Å². The molecule has 0 spiro atoms. The van der Waals surface area contributed by atoms with Gasteiger partial charge in [0.2, 0.25) is 5.24 Å². The van der Waals surface area contributed by atoms with Crippen LogP contribution in [0.2, 0.25) is 0 Å². The van der Waals surface area contributed by atoms with Crippen LogP contribution in [0.1, 0.15) is 24.8 Å². The number of carbonyl (C=O) groups is 1. The number of thiocarbonyl (C=S) groups is 1. The third kappa shape index (κ3) is 5.65. The van der Waals surface area contributed by atoms with Crippen molar-refractivity contribution >= 4 is 33.9 Å². The molecule has 1 nitrogen and oxygen atoms in total. The summed E-state index contributed by atoms with van der Waals surface area (Å²) in [5.74, 6) is 0. The Morgan fingerprint density at radius 2 is 1.80 bits per heavy atom. The highest BCUT2D eigenvalue weighted by atomic mass is 35.5. The summed E-state index contributed by atoms with van der Waals surface area (Å²) in [7, 11) is 0. The molecule has 1 aromatic carbocycles. The summed E-state index contributed by atoms with van der Waals surface area (Å²) >= 11 is 10.4. The summed E-state index contributed by atoms with van der Waals surface area (Å²) < 4.78 is 0. The third-order valence-corrected chi connectivity index (χ3v) is 2.73. The average Bonchev–Trinajstić information content (AvgIpc) is 2.25. The molecular formula is C12H13ClOS. The Labute approximate surface area is 100 Å². The number of carbonyl (C=O) groups excluding carboxylic acids is 1. The second-order valence-corrected chi connectivity index (χ2v) is 4.38. The minimum absolute atomic E-state index is 0.308. The lowest BCUT2D eigenvalue weighted by Gasteiger charge is -2.02. The van der Waals surface area contributed by atoms with Gasteiger partial charge >= 0.3 is 0 Å². The number of aryl methyl sites for hydroxylation is 1. The molecule has 1 aromatic rings. The molecule has 0 unspecified atom stereocenters. The number of benzene rings is 1. The van der Waals surface area contributed by atoms with Gasteiger partial charge < -0.3 is 0 Å². The lowest BCUT2D eigenvalue weighted by Crippen LogP contribution is -1.99. The lowest BCUT2D eigenvalue weighted by atomic mass is 10.1. The number of hydrogen-bond donors (Lipinski definition) is 0. The molecule has 0 fully saturated rings. The van der Waals surface area contributed by atoms with Crippen LogP contribution in [0.3, 0.4) is 0 Å². The molecule has 0 N–H and O–H groups in total. The predicted molar refractivity (Wildman–Crippen MR) is 67.5 cm³/mol. The molecule has 0 saturated carbocycles. The molecule has 0 aliphatic heterocycles. The van der Waals surface area contributed by atoms with Crippen molar-refractivity contribution in [3.8, 4) is 0 Å². The Hall–Kier alpha value is -0.730. The molecule has 3 heteroatoms. The lowest BCUT2D eigenvalue weighted by molar-refractivity contribution is -0.111. The molecule has 0 amide bonds. The summed E-state index contributed by atoms with van der Waals surface area (Å²) in [6.07, 6.45) is 2.78. The van der Waals surface area contributed by atoms with Crippen molar-refractivity contribution in [2.24, 2.45) is 0 Å². The van der Waals surface area contributed by atoms with Crippen LogP contribution in [0.5, 0.6) is 0 Å². The van der Waals surface area contributed by atoms with Crippen LogP contribution in [0.4, 0.5) is 0 Å². The summed E-state index contributed by atoms with van der Waals surface area (Å²) in [5, 5.41) is -0.308. The van der Waals surface area contributed by atoms with Crippen molar-refractivity contribution in [2.75, 3.05) is 0 Å². The van der Waals surface area contributed by atoms with Crippen molar-refractivity contribution in [3.63, 3.8) is 0 Å². The van der Waals surface area contributed by atoms with Gasteiger partial charge in [0.05, 0.1) is 0 Å². The highest BCUT2D eigenvalue weighted by Crippen LogP contribution is 2.07. The van der Waals surface area contributed by atoms with Crippen LogP contribution in [0.25, 0.3) is 0 Å². The Balaban J connectivity index is 2.26. The van der Waals surface area contributed by atoms with E-state index < -0.39 is 0 Å². The molecule has 0 heterocycles. The molecule has 0 aliphatic rings. The molecule has 0 aromatic heterocycles. The molecule has 0 saturated heterocycles. The van der Waals surface area contributed by atoms with Gasteiger partial charge in [0, 0.05) is 6.42 Å². The zero-order valence-electron chi connectivity index (χ0n) is 8.41. The van der Waals surface area contributed by atoms with E-state index in [1.807, 2.05) is 18.2 Å². The predicted octanol–water partition coefficient (Wildman–Crippen LogP) is 3.53. The van der Waals surface area contributed by atoms with Gasteiger partial charge in [-0.05, 0) is 41.3 Å². The van der Waals surface area contributed by atoms with Gasteiger partial charge in [-0.3, -0.25) is 4.79 Å². The van der Waals surface area contributed by atoms with Gasteiger partial charge in [0.15, 0.2) is 0 Å². The van der Waals surface area contributed by atoms with Crippen LogP contribution < -0.4 is 0 Å². The Morgan fingerprint density at radius 1 is 1.13 bits per heavy atom. The number of hydrogen-bond acceptors (Lipinski definition) is 2. The van der Waals surface area contributed by atoms with Gasteiger partial charge in [-0.25, -0.2) is 0 Å². The summed E-state index contributed by atoms with van der Waals surface area (Å²) in [6.45, 7) is 0. The smallest absolute Gasteiger partial charge is 0.221 e. The van der Waals surface area contributed by atoms with E-state index in [2.05, 4.69) is 12.1 Å². The zero-order chi connectivity index (χ0) is 11.1. The molecule has 80 valence electrons. The fourth-order valence-corrected chi connectivity index (χ4v) is 1.59. The summed E-state index contributed by atoms with van der Waals surface area (Å²) in [6, 6.07) is 10.2. The van der Waals surface area contributed by atoms with Crippen molar-refractivity contribution in [1.82, 2.24) is 0 Å². The monoisotopic (exact) mass is 240 g/mol. The maximum absolute atomic E-state index is 10.5. The van der Waals surface area contributed by atoms with Gasteiger partial charge in [-0.1, -0.05) is 42.5 Å². The standard InChI is InChI=1S/C12H13ClOS/c13-12(14)9-8-11(15)7-6-10-4-2-1-3-5-10/h1-5H,6-9H2. The summed E-state index contributed by atoms with van der Waals surface area (Å²) in [5.41, 5.74) is 1.28. The second kappa shape index (κ2) is 6.70. The van der Waals surface area contributed by atoms with E-state index in [1.54, 1.807) is 0 Å². The average molecular weight is 241 g/mol. The molecule has 1 rings (SSSR count). The van der Waals surface area contributed by atoms with E-state index in [0.29, 0.717) is 12.8 Å². The topological polar surface area (TPSA) is 17.1 Å². The SMILES string of the molecule is O=C(Cl)CCC(=S)CCc1ccccc1. The molecule has 0 atom stereocenters. The van der Waals surface area contributed by atoms with E-state index in [1.165, 1.54) is 5.56 Å². The van der Waals surface area contributed by atoms with Crippen molar-refractivity contribution in [1.29, 1.82) is 0 Å². The molecular weight excluding hydrogens is 228 g/mol. The molecule has 0 bridgehead atoms. The largest absolute Gasteiger partial charge is 0.281 e. The molecule has 15 heavy (non-hydrogen) atoms. The number of rotatable bonds is 6. The highest BCUT2D eigenvalue weighted by molar-refractivity contribution is 7.80. The van der Waals surface area contributed by atoms with E-state index >= 15 is 0 Å². The fourth-order valence-electron chi connectivity index (χ4n) is 1.29. The first kappa shape index (κ1) is 12.3. The van der Waals surface area contributed by atoms with Gasteiger partial charge in [-0.15, -0.1) is 0 Å². The van der Waals surface area contributed by atoms with E-state index in [9.17, 15) is 4.79 Å². The Kier molecular flexibility index (Phi) is 5.51. The van der Waals surface area contributed by atoms with Crippen LogP contribution in [-0.4, -0.2) is 10.1 Å². The van der Waals surface area contributed by atoms with Crippen molar-refractivity contribution in [3.05, 3.63) is 35.9 Å². The van der Waals surface area contributed by atoms with E-state index in [0.717, 1.165) is 17.7 Å². The first-order valence-corrected chi connectivity index (χ1v) is 5.71. The van der Waals surface area contributed by atoms with Crippen LogP contribution in [-0.2, 0) is 11.2 Å². The zero-order valence-corrected chi connectivity index (χ0v) is 9.98. The van der Waals surface area contributed by atoms with Crippen LogP contribution in [0.15, 0.2) is 30.3 Å². The van der Waals surface area contributed by atoms with Gasteiger partial charge in [-0.2, -0.15) is 0 Å². The quantitative estimate of drug-likeness (QED) is 0.559. The second-order valence-electron chi connectivity index (χ2n) is 3.38. The molecule has 0 aliphatic carbocycles. The normalized spacial score (nSPS) is 9.93. The third-order valence-electron chi connectivity index (χ3n) is 2.14. The first-order valence-electron chi connectivity index (χ1n) is 4.92. The highest BCUT2D eigenvalue weighted by Gasteiger charge is 2.01. The first-order chi connectivity index (χ1) is 7.18. The minimum Gasteiger partial charge on any atom is -0.281 e.